The van der Waals surface area contributed by atoms with Crippen LogP contribution in [0.15, 0.2) is 5.16 Å². The molecule has 1 aliphatic rings. The van der Waals surface area contributed by atoms with Gasteiger partial charge in [0.15, 0.2) is 0 Å². The third kappa shape index (κ3) is 3.79. The van der Waals surface area contributed by atoms with Gasteiger partial charge in [0.25, 0.3) is 0 Å². The molecule has 0 atom stereocenters. The summed E-state index contributed by atoms with van der Waals surface area (Å²) in [5.74, 6) is 0.683. The molecule has 0 aromatic carbocycles. The van der Waals surface area contributed by atoms with E-state index in [1.165, 1.54) is 31.4 Å². The van der Waals surface area contributed by atoms with Gasteiger partial charge in [-0.3, -0.25) is 0 Å². The highest BCUT2D eigenvalue weighted by molar-refractivity contribution is 5.84. The maximum absolute atomic E-state index is 5.39. The number of hydrogen-bond acceptors (Lipinski definition) is 2. The zero-order valence-electron chi connectivity index (χ0n) is 9.26. The fraction of sp³-hybridized carbons (Fsp3) is 0.909. The molecule has 1 rings (SSSR count). The van der Waals surface area contributed by atoms with Crippen LogP contribution in [-0.4, -0.2) is 11.3 Å². The first-order chi connectivity index (χ1) is 5.99. The van der Waals surface area contributed by atoms with Crippen molar-refractivity contribution < 1.29 is 4.84 Å². The standard InChI is InChI=1S/C11H21NO/c1-9(10-7-5-6-8-10)12-13-11(2,3)4/h10H,5-8H2,1-4H3/b12-9+. The molecule has 0 N–H and O–H groups in total. The molecular weight excluding hydrogens is 162 g/mol. The van der Waals surface area contributed by atoms with Gasteiger partial charge in [-0.2, -0.15) is 0 Å². The van der Waals surface area contributed by atoms with Crippen LogP contribution < -0.4 is 0 Å². The summed E-state index contributed by atoms with van der Waals surface area (Å²) in [6.07, 6.45) is 5.30. The van der Waals surface area contributed by atoms with Crippen LogP contribution in [0.25, 0.3) is 0 Å². The highest BCUT2D eigenvalue weighted by atomic mass is 16.6. The highest BCUT2D eigenvalue weighted by Gasteiger charge is 2.19. The van der Waals surface area contributed by atoms with Gasteiger partial charge in [0.2, 0.25) is 0 Å². The molecule has 0 radical (unpaired) electrons. The molecule has 0 saturated heterocycles. The van der Waals surface area contributed by atoms with E-state index in [4.69, 9.17) is 4.84 Å². The van der Waals surface area contributed by atoms with Gasteiger partial charge in [-0.05, 0) is 40.5 Å². The minimum Gasteiger partial charge on any atom is -0.390 e. The van der Waals surface area contributed by atoms with Crippen molar-refractivity contribution in [2.45, 2.75) is 59.0 Å². The summed E-state index contributed by atoms with van der Waals surface area (Å²) in [6.45, 7) is 8.16. The largest absolute Gasteiger partial charge is 0.390 e. The van der Waals surface area contributed by atoms with Gasteiger partial charge in [-0.25, -0.2) is 0 Å². The molecule has 1 saturated carbocycles. The van der Waals surface area contributed by atoms with E-state index in [0.29, 0.717) is 5.92 Å². The second-order valence-corrected chi connectivity index (χ2v) is 4.92. The molecule has 0 unspecified atom stereocenters. The molecule has 0 amide bonds. The quantitative estimate of drug-likeness (QED) is 0.475. The first-order valence-corrected chi connectivity index (χ1v) is 5.22. The summed E-state index contributed by atoms with van der Waals surface area (Å²) in [4.78, 5) is 5.39. The Balaban J connectivity index is 2.41. The van der Waals surface area contributed by atoms with E-state index >= 15 is 0 Å². The second kappa shape index (κ2) is 4.12. The Hall–Kier alpha value is -0.530. The first kappa shape index (κ1) is 10.6. The van der Waals surface area contributed by atoms with Crippen molar-refractivity contribution in [3.8, 4) is 0 Å². The Morgan fingerprint density at radius 1 is 1.23 bits per heavy atom. The van der Waals surface area contributed by atoms with Crippen molar-refractivity contribution in [1.29, 1.82) is 0 Å². The molecule has 1 aliphatic carbocycles. The van der Waals surface area contributed by atoms with Crippen molar-refractivity contribution >= 4 is 5.71 Å². The van der Waals surface area contributed by atoms with Crippen LogP contribution in [0.4, 0.5) is 0 Å². The number of oxime groups is 1. The number of nitrogens with zero attached hydrogens (tertiary/aromatic N) is 1. The SMILES string of the molecule is C/C(=N\OC(C)(C)C)C1CCCC1. The highest BCUT2D eigenvalue weighted by Crippen LogP contribution is 2.26. The summed E-state index contributed by atoms with van der Waals surface area (Å²) < 4.78 is 0. The van der Waals surface area contributed by atoms with Gasteiger partial charge in [0.1, 0.15) is 5.60 Å². The third-order valence-corrected chi connectivity index (χ3v) is 2.41. The molecule has 0 aliphatic heterocycles. The molecule has 76 valence electrons. The van der Waals surface area contributed by atoms with Crippen LogP contribution >= 0.6 is 0 Å². The van der Waals surface area contributed by atoms with Gasteiger partial charge in [-0.15, -0.1) is 0 Å². The van der Waals surface area contributed by atoms with Crippen LogP contribution in [0.3, 0.4) is 0 Å². The van der Waals surface area contributed by atoms with Crippen LogP contribution in [0.1, 0.15) is 53.4 Å². The maximum Gasteiger partial charge on any atom is 0.129 e. The van der Waals surface area contributed by atoms with E-state index in [9.17, 15) is 0 Å². The Morgan fingerprint density at radius 3 is 2.23 bits per heavy atom. The van der Waals surface area contributed by atoms with E-state index in [2.05, 4.69) is 12.1 Å². The minimum atomic E-state index is -0.153. The fourth-order valence-electron chi connectivity index (χ4n) is 1.63. The van der Waals surface area contributed by atoms with Crippen molar-refractivity contribution in [3.63, 3.8) is 0 Å². The van der Waals surface area contributed by atoms with E-state index in [1.807, 2.05) is 20.8 Å². The molecule has 0 bridgehead atoms. The maximum atomic E-state index is 5.39. The molecule has 0 heterocycles. The second-order valence-electron chi connectivity index (χ2n) is 4.92. The number of hydrogen-bond donors (Lipinski definition) is 0. The molecule has 0 aromatic heterocycles. The lowest BCUT2D eigenvalue weighted by atomic mass is 10.0. The average molecular weight is 183 g/mol. The first-order valence-electron chi connectivity index (χ1n) is 5.22. The van der Waals surface area contributed by atoms with Crippen LogP contribution in [0.2, 0.25) is 0 Å². The van der Waals surface area contributed by atoms with Crippen molar-refractivity contribution in [2.24, 2.45) is 11.1 Å². The van der Waals surface area contributed by atoms with Crippen LogP contribution in [0, 0.1) is 5.92 Å². The van der Waals surface area contributed by atoms with Gasteiger partial charge >= 0.3 is 0 Å². The monoisotopic (exact) mass is 183 g/mol. The van der Waals surface area contributed by atoms with E-state index in [1.54, 1.807) is 0 Å². The Bertz CT molecular complexity index is 185. The van der Waals surface area contributed by atoms with Crippen molar-refractivity contribution in [2.75, 3.05) is 0 Å². The van der Waals surface area contributed by atoms with Gasteiger partial charge in [0.05, 0.1) is 5.71 Å². The smallest absolute Gasteiger partial charge is 0.129 e. The van der Waals surface area contributed by atoms with Gasteiger partial charge < -0.3 is 4.84 Å². The molecule has 13 heavy (non-hydrogen) atoms. The summed E-state index contributed by atoms with van der Waals surface area (Å²) in [5.41, 5.74) is 1.02. The lowest BCUT2D eigenvalue weighted by Crippen LogP contribution is -2.18. The predicted molar refractivity (Wildman–Crippen MR) is 55.9 cm³/mol. The van der Waals surface area contributed by atoms with Crippen LogP contribution in [0.5, 0.6) is 0 Å². The number of rotatable bonds is 2. The summed E-state index contributed by atoms with van der Waals surface area (Å²) in [6, 6.07) is 0. The van der Waals surface area contributed by atoms with E-state index in [0.717, 1.165) is 0 Å². The zero-order valence-corrected chi connectivity index (χ0v) is 9.26. The molecule has 2 heteroatoms. The Labute approximate surface area is 81.3 Å². The summed E-state index contributed by atoms with van der Waals surface area (Å²) in [5, 5.41) is 4.19. The summed E-state index contributed by atoms with van der Waals surface area (Å²) in [7, 11) is 0. The normalized spacial score (nSPS) is 20.8. The summed E-state index contributed by atoms with van der Waals surface area (Å²) >= 11 is 0. The molecule has 0 aromatic rings. The van der Waals surface area contributed by atoms with Crippen molar-refractivity contribution in [3.05, 3.63) is 0 Å². The Morgan fingerprint density at radius 2 is 1.77 bits per heavy atom. The zero-order chi connectivity index (χ0) is 9.90. The van der Waals surface area contributed by atoms with Crippen molar-refractivity contribution in [1.82, 2.24) is 0 Å². The van der Waals surface area contributed by atoms with Gasteiger partial charge in [-0.1, -0.05) is 18.0 Å². The van der Waals surface area contributed by atoms with Gasteiger partial charge in [0, 0.05) is 5.92 Å². The Kier molecular flexibility index (Phi) is 3.34. The third-order valence-electron chi connectivity index (χ3n) is 2.41. The fourth-order valence-corrected chi connectivity index (χ4v) is 1.63. The topological polar surface area (TPSA) is 21.6 Å². The lowest BCUT2D eigenvalue weighted by molar-refractivity contribution is -0.0000399. The molecule has 2 nitrogen and oxygen atoms in total. The molecule has 0 spiro atoms. The average Bonchev–Trinajstić information content (AvgIpc) is 2.50. The van der Waals surface area contributed by atoms with E-state index < -0.39 is 0 Å². The molecule has 1 fully saturated rings. The van der Waals surface area contributed by atoms with E-state index in [-0.39, 0.29) is 5.60 Å². The predicted octanol–water partition coefficient (Wildman–Crippen LogP) is 3.37. The lowest BCUT2D eigenvalue weighted by Gasteiger charge is -2.17. The minimum absolute atomic E-state index is 0.153. The molecular formula is C11H21NO. The van der Waals surface area contributed by atoms with Crippen LogP contribution in [-0.2, 0) is 4.84 Å².